The minimum absolute atomic E-state index is 0.0401. The zero-order valence-electron chi connectivity index (χ0n) is 16.8. The van der Waals surface area contributed by atoms with Crippen LogP contribution in [0.3, 0.4) is 0 Å². The highest BCUT2D eigenvalue weighted by Crippen LogP contribution is 2.27. The molecule has 1 rings (SSSR count). The summed E-state index contributed by atoms with van der Waals surface area (Å²) in [6.45, 7) is 9.73. The third kappa shape index (κ3) is 5.73. The molecule has 0 unspecified atom stereocenters. The number of nitrogens with one attached hydrogen (secondary N) is 1. The van der Waals surface area contributed by atoms with Gasteiger partial charge in [0.2, 0.25) is 0 Å². The number of amides is 1. The van der Waals surface area contributed by atoms with Crippen molar-refractivity contribution < 1.29 is 23.8 Å². The molecule has 0 fully saturated rings. The fraction of sp³-hybridized carbons (Fsp3) is 0.600. The van der Waals surface area contributed by atoms with Crippen LogP contribution in [-0.4, -0.2) is 37.8 Å². The molecule has 0 bridgehead atoms. The summed E-state index contributed by atoms with van der Waals surface area (Å²) >= 11 is 0. The number of rotatable bonds is 9. The molecule has 2 atom stereocenters. The van der Waals surface area contributed by atoms with Gasteiger partial charge in [-0.25, -0.2) is 4.79 Å². The summed E-state index contributed by atoms with van der Waals surface area (Å²) in [5.41, 5.74) is -0.196. The van der Waals surface area contributed by atoms with Gasteiger partial charge in [-0.15, -0.1) is 0 Å². The van der Waals surface area contributed by atoms with Crippen molar-refractivity contribution in [3.63, 3.8) is 0 Å². The first-order chi connectivity index (χ1) is 12.2. The van der Waals surface area contributed by atoms with E-state index in [-0.39, 0.29) is 17.6 Å². The van der Waals surface area contributed by atoms with Crippen molar-refractivity contribution in [2.45, 2.75) is 59.2 Å². The van der Waals surface area contributed by atoms with Gasteiger partial charge >= 0.3 is 5.97 Å². The lowest BCUT2D eigenvalue weighted by Gasteiger charge is -2.28. The quantitative estimate of drug-likeness (QED) is 0.669. The van der Waals surface area contributed by atoms with Crippen LogP contribution in [0.25, 0.3) is 0 Å². The normalized spacial score (nSPS) is 14.5. The third-order valence-corrected chi connectivity index (χ3v) is 4.27. The van der Waals surface area contributed by atoms with E-state index in [1.165, 1.54) is 14.2 Å². The predicted molar refractivity (Wildman–Crippen MR) is 102 cm³/mol. The van der Waals surface area contributed by atoms with Crippen LogP contribution < -0.4 is 10.1 Å². The standard InChI is InChI=1S/C20H31NO5/c1-8-14(4)26-17-10-9-15(11-16(17)18(22)24-6)21-19(23)20(5,25-7)12-13(2)3/h9-11,13-14H,8,12H2,1-7H3,(H,21,23)/t14-,20+/m0/s1. The number of ether oxygens (including phenoxy) is 3. The summed E-state index contributed by atoms with van der Waals surface area (Å²) in [5.74, 6) is -0.0558. The Morgan fingerprint density at radius 3 is 2.35 bits per heavy atom. The molecule has 0 spiro atoms. The molecule has 1 aromatic rings. The minimum atomic E-state index is -0.953. The number of hydrogen-bond donors (Lipinski definition) is 1. The van der Waals surface area contributed by atoms with Gasteiger partial charge in [0.25, 0.3) is 5.91 Å². The lowest BCUT2D eigenvalue weighted by molar-refractivity contribution is -0.137. The van der Waals surface area contributed by atoms with Crippen LogP contribution in [-0.2, 0) is 14.3 Å². The maximum atomic E-state index is 12.7. The number of carbonyl (C=O) groups is 2. The van der Waals surface area contributed by atoms with Gasteiger partial charge in [0.05, 0.1) is 13.2 Å². The average molecular weight is 365 g/mol. The Hall–Kier alpha value is -2.08. The summed E-state index contributed by atoms with van der Waals surface area (Å²) < 4.78 is 16.1. The van der Waals surface area contributed by atoms with Gasteiger partial charge in [0.1, 0.15) is 16.9 Å². The van der Waals surface area contributed by atoms with Crippen molar-refractivity contribution in [1.82, 2.24) is 0 Å². The van der Waals surface area contributed by atoms with Crippen LogP contribution in [0.5, 0.6) is 5.75 Å². The van der Waals surface area contributed by atoms with Crippen LogP contribution in [0.15, 0.2) is 18.2 Å². The smallest absolute Gasteiger partial charge is 0.341 e. The second-order valence-electron chi connectivity index (χ2n) is 7.03. The van der Waals surface area contributed by atoms with Crippen LogP contribution in [0.2, 0.25) is 0 Å². The molecule has 0 heterocycles. The Bertz CT molecular complexity index is 629. The van der Waals surface area contributed by atoms with E-state index in [4.69, 9.17) is 14.2 Å². The summed E-state index contributed by atoms with van der Waals surface area (Å²) in [4.78, 5) is 24.8. The average Bonchev–Trinajstić information content (AvgIpc) is 2.61. The third-order valence-electron chi connectivity index (χ3n) is 4.27. The van der Waals surface area contributed by atoms with Crippen LogP contribution in [0.4, 0.5) is 5.69 Å². The van der Waals surface area contributed by atoms with E-state index in [1.54, 1.807) is 25.1 Å². The van der Waals surface area contributed by atoms with E-state index in [0.29, 0.717) is 23.8 Å². The largest absolute Gasteiger partial charge is 0.490 e. The van der Waals surface area contributed by atoms with Gasteiger partial charge in [-0.3, -0.25) is 4.79 Å². The second kappa shape index (κ2) is 9.57. The van der Waals surface area contributed by atoms with E-state index < -0.39 is 11.6 Å². The number of carbonyl (C=O) groups excluding carboxylic acids is 2. The first-order valence-corrected chi connectivity index (χ1v) is 8.92. The summed E-state index contributed by atoms with van der Waals surface area (Å²) in [6.07, 6.45) is 1.34. The molecule has 0 aliphatic rings. The maximum Gasteiger partial charge on any atom is 0.341 e. The fourth-order valence-corrected chi connectivity index (χ4v) is 2.59. The molecule has 0 aromatic heterocycles. The van der Waals surface area contributed by atoms with Crippen LogP contribution >= 0.6 is 0 Å². The first kappa shape index (κ1) is 22.0. The Morgan fingerprint density at radius 2 is 1.85 bits per heavy atom. The number of benzene rings is 1. The number of esters is 1. The van der Waals surface area contributed by atoms with Crippen molar-refractivity contribution in [2.75, 3.05) is 19.5 Å². The highest BCUT2D eigenvalue weighted by Gasteiger charge is 2.34. The minimum Gasteiger partial charge on any atom is -0.490 e. The molecule has 0 aliphatic heterocycles. The molecule has 6 heteroatoms. The van der Waals surface area contributed by atoms with Crippen molar-refractivity contribution in [2.24, 2.45) is 5.92 Å². The first-order valence-electron chi connectivity index (χ1n) is 8.92. The molecule has 0 saturated carbocycles. The number of methoxy groups -OCH3 is 2. The van der Waals surface area contributed by atoms with Crippen LogP contribution in [0.1, 0.15) is 57.8 Å². The van der Waals surface area contributed by atoms with E-state index in [1.807, 2.05) is 27.7 Å². The summed E-state index contributed by atoms with van der Waals surface area (Å²) in [7, 11) is 2.83. The monoisotopic (exact) mass is 365 g/mol. The van der Waals surface area contributed by atoms with E-state index in [0.717, 1.165) is 6.42 Å². The van der Waals surface area contributed by atoms with Gasteiger partial charge in [-0.2, -0.15) is 0 Å². The van der Waals surface area contributed by atoms with Crippen molar-refractivity contribution >= 4 is 17.6 Å². The Kier molecular flexibility index (Phi) is 8.08. The van der Waals surface area contributed by atoms with E-state index >= 15 is 0 Å². The molecule has 26 heavy (non-hydrogen) atoms. The molecular weight excluding hydrogens is 334 g/mol. The lowest BCUT2D eigenvalue weighted by Crippen LogP contribution is -2.43. The SMILES string of the molecule is CC[C@H](C)Oc1ccc(NC(=O)[C@@](C)(CC(C)C)OC)cc1C(=O)OC. The fourth-order valence-electron chi connectivity index (χ4n) is 2.59. The molecule has 146 valence electrons. The topological polar surface area (TPSA) is 73.9 Å². The Balaban J connectivity index is 3.10. The molecule has 0 radical (unpaired) electrons. The Labute approximate surface area is 156 Å². The summed E-state index contributed by atoms with van der Waals surface area (Å²) in [6, 6.07) is 4.93. The molecular formula is C20H31NO5. The second-order valence-corrected chi connectivity index (χ2v) is 7.03. The van der Waals surface area contributed by atoms with Crippen LogP contribution in [0, 0.1) is 5.92 Å². The molecule has 0 saturated heterocycles. The maximum absolute atomic E-state index is 12.7. The highest BCUT2D eigenvalue weighted by molar-refractivity contribution is 5.99. The molecule has 0 aliphatic carbocycles. The highest BCUT2D eigenvalue weighted by atomic mass is 16.5. The van der Waals surface area contributed by atoms with Gasteiger partial charge in [0.15, 0.2) is 0 Å². The van der Waals surface area contributed by atoms with Gasteiger partial charge in [-0.1, -0.05) is 20.8 Å². The van der Waals surface area contributed by atoms with Crippen molar-refractivity contribution in [3.05, 3.63) is 23.8 Å². The van der Waals surface area contributed by atoms with E-state index in [2.05, 4.69) is 5.32 Å². The molecule has 1 aromatic carbocycles. The number of hydrogen-bond acceptors (Lipinski definition) is 5. The molecule has 1 amide bonds. The van der Waals surface area contributed by atoms with Crippen molar-refractivity contribution in [3.8, 4) is 5.75 Å². The van der Waals surface area contributed by atoms with Gasteiger partial charge in [-0.05, 0) is 50.8 Å². The molecule has 6 nitrogen and oxygen atoms in total. The zero-order chi connectivity index (χ0) is 19.9. The lowest BCUT2D eigenvalue weighted by atomic mass is 9.93. The number of anilines is 1. The van der Waals surface area contributed by atoms with Crippen molar-refractivity contribution in [1.29, 1.82) is 0 Å². The van der Waals surface area contributed by atoms with Gasteiger partial charge in [0, 0.05) is 12.8 Å². The predicted octanol–water partition coefficient (Wildman–Crippen LogP) is 4.04. The Morgan fingerprint density at radius 1 is 1.19 bits per heavy atom. The zero-order valence-corrected chi connectivity index (χ0v) is 16.8. The van der Waals surface area contributed by atoms with E-state index in [9.17, 15) is 9.59 Å². The summed E-state index contributed by atoms with van der Waals surface area (Å²) in [5, 5.41) is 2.83. The molecule has 1 N–H and O–H groups in total. The van der Waals surface area contributed by atoms with Gasteiger partial charge < -0.3 is 19.5 Å².